The molecular weight excluding hydrogens is 304 g/mol. The molecule has 6 heteroatoms. The zero-order chi connectivity index (χ0) is 16.9. The molecule has 1 aromatic rings. The van der Waals surface area contributed by atoms with Gasteiger partial charge in [-0.15, -0.1) is 0 Å². The Labute approximate surface area is 144 Å². The Morgan fingerprint density at radius 1 is 1.42 bits per heavy atom. The third-order valence-electron chi connectivity index (χ3n) is 5.21. The van der Waals surface area contributed by atoms with Gasteiger partial charge in [-0.05, 0) is 45.1 Å². The maximum absolute atomic E-state index is 12.5. The molecule has 1 aliphatic heterocycles. The lowest BCUT2D eigenvalue weighted by Crippen LogP contribution is -2.55. The second-order valence-electron chi connectivity index (χ2n) is 7.18. The Balaban J connectivity index is 1.41. The average Bonchev–Trinajstić information content (AvgIpc) is 2.85. The molecule has 2 fully saturated rings. The summed E-state index contributed by atoms with van der Waals surface area (Å²) in [7, 11) is 0. The number of rotatable bonds is 7. The molecule has 1 saturated heterocycles. The topological polar surface area (TPSA) is 59.4 Å². The maximum Gasteiger partial charge on any atom is 0.239 e. The van der Waals surface area contributed by atoms with Gasteiger partial charge in [0.1, 0.15) is 6.04 Å². The Morgan fingerprint density at radius 3 is 2.92 bits per heavy atom. The third-order valence-corrected chi connectivity index (χ3v) is 5.21. The number of aromatic nitrogens is 2. The highest BCUT2D eigenvalue weighted by Crippen LogP contribution is 2.28. The van der Waals surface area contributed by atoms with E-state index in [1.165, 1.54) is 25.0 Å². The van der Waals surface area contributed by atoms with Gasteiger partial charge in [0.15, 0.2) is 0 Å². The van der Waals surface area contributed by atoms with Crippen molar-refractivity contribution in [1.29, 1.82) is 0 Å². The Bertz CT molecular complexity index is 553. The lowest BCUT2D eigenvalue weighted by atomic mass is 9.84. The van der Waals surface area contributed by atoms with Crippen LogP contribution in [0.15, 0.2) is 6.07 Å². The number of hydrogen-bond donors (Lipinski definition) is 1. The summed E-state index contributed by atoms with van der Waals surface area (Å²) in [5, 5.41) is 7.54. The number of carbonyl (C=O) groups excluding carboxylic acids is 1. The van der Waals surface area contributed by atoms with E-state index >= 15 is 0 Å². The largest absolute Gasteiger partial charge is 0.378 e. The minimum atomic E-state index is -0.118. The van der Waals surface area contributed by atoms with Crippen LogP contribution in [0.1, 0.15) is 37.1 Å². The molecular formula is C18H30N4O2. The van der Waals surface area contributed by atoms with Crippen molar-refractivity contribution < 1.29 is 9.53 Å². The van der Waals surface area contributed by atoms with Gasteiger partial charge in [0.2, 0.25) is 5.91 Å². The zero-order valence-corrected chi connectivity index (χ0v) is 15.0. The summed E-state index contributed by atoms with van der Waals surface area (Å²) in [5.74, 6) is 0.895. The molecule has 1 atom stereocenters. The summed E-state index contributed by atoms with van der Waals surface area (Å²) >= 11 is 0. The fraction of sp³-hybridized carbons (Fsp3) is 0.778. The molecule has 1 amide bonds. The van der Waals surface area contributed by atoms with E-state index in [-0.39, 0.29) is 11.9 Å². The van der Waals surface area contributed by atoms with E-state index < -0.39 is 0 Å². The molecule has 1 aliphatic carbocycles. The predicted molar refractivity (Wildman–Crippen MR) is 92.8 cm³/mol. The van der Waals surface area contributed by atoms with E-state index in [9.17, 15) is 4.79 Å². The van der Waals surface area contributed by atoms with Crippen molar-refractivity contribution in [2.45, 2.75) is 52.1 Å². The van der Waals surface area contributed by atoms with Crippen LogP contribution in [0.3, 0.4) is 0 Å². The normalized spacial score (nSPS) is 22.3. The van der Waals surface area contributed by atoms with E-state index in [0.717, 1.165) is 44.3 Å². The van der Waals surface area contributed by atoms with Crippen molar-refractivity contribution in [2.75, 3.05) is 32.8 Å². The van der Waals surface area contributed by atoms with Crippen LogP contribution in [0.5, 0.6) is 0 Å². The van der Waals surface area contributed by atoms with Crippen molar-refractivity contribution in [2.24, 2.45) is 5.92 Å². The molecule has 0 spiro atoms. The van der Waals surface area contributed by atoms with Crippen molar-refractivity contribution in [3.8, 4) is 0 Å². The molecule has 0 aromatic carbocycles. The number of hydrogen-bond acceptors (Lipinski definition) is 4. The second-order valence-corrected chi connectivity index (χ2v) is 7.18. The number of ether oxygens (including phenoxy) is 1. The second kappa shape index (κ2) is 8.12. The summed E-state index contributed by atoms with van der Waals surface area (Å²) in [6, 6.07) is 1.96. The monoisotopic (exact) mass is 334 g/mol. The van der Waals surface area contributed by atoms with Crippen LogP contribution in [0.4, 0.5) is 0 Å². The van der Waals surface area contributed by atoms with E-state index in [1.54, 1.807) is 0 Å². The molecule has 6 nitrogen and oxygen atoms in total. The molecule has 0 bridgehead atoms. The Kier molecular flexibility index (Phi) is 5.89. The van der Waals surface area contributed by atoms with Crippen LogP contribution < -0.4 is 5.32 Å². The summed E-state index contributed by atoms with van der Waals surface area (Å²) in [5.41, 5.74) is 2.22. The number of nitrogens with zero attached hydrogens (tertiary/aromatic N) is 3. The van der Waals surface area contributed by atoms with E-state index in [1.807, 2.05) is 11.6 Å². The lowest BCUT2D eigenvalue weighted by molar-refractivity contribution is -0.133. The number of aryl methyl sites for hydroxylation is 3. The van der Waals surface area contributed by atoms with Crippen LogP contribution >= 0.6 is 0 Å². The van der Waals surface area contributed by atoms with Crippen LogP contribution in [-0.2, 0) is 16.1 Å². The number of carbonyl (C=O) groups is 1. The molecule has 2 heterocycles. The van der Waals surface area contributed by atoms with Gasteiger partial charge in [-0.1, -0.05) is 6.42 Å². The molecule has 1 N–H and O–H groups in total. The van der Waals surface area contributed by atoms with Gasteiger partial charge in [-0.3, -0.25) is 14.4 Å². The zero-order valence-electron chi connectivity index (χ0n) is 15.0. The van der Waals surface area contributed by atoms with Gasteiger partial charge in [-0.25, -0.2) is 0 Å². The van der Waals surface area contributed by atoms with Gasteiger partial charge in [0.05, 0.1) is 18.9 Å². The molecule has 24 heavy (non-hydrogen) atoms. The number of nitrogens with one attached hydrogen (secondary N) is 1. The fourth-order valence-electron chi connectivity index (χ4n) is 3.56. The highest BCUT2D eigenvalue weighted by molar-refractivity contribution is 5.82. The molecule has 0 radical (unpaired) electrons. The predicted octanol–water partition coefficient (Wildman–Crippen LogP) is 1.51. The minimum absolute atomic E-state index is 0.113. The first kappa shape index (κ1) is 17.4. The lowest BCUT2D eigenvalue weighted by Gasteiger charge is -2.39. The highest BCUT2D eigenvalue weighted by Gasteiger charge is 2.32. The molecule has 1 aromatic heterocycles. The molecule has 3 rings (SSSR count). The van der Waals surface area contributed by atoms with E-state index in [0.29, 0.717) is 13.2 Å². The van der Waals surface area contributed by atoms with Crippen molar-refractivity contribution in [1.82, 2.24) is 20.0 Å². The first-order valence-electron chi connectivity index (χ1n) is 9.24. The van der Waals surface area contributed by atoms with Gasteiger partial charge >= 0.3 is 0 Å². The molecule has 1 saturated carbocycles. The van der Waals surface area contributed by atoms with Crippen molar-refractivity contribution in [3.05, 3.63) is 17.5 Å². The number of amides is 1. The fourth-order valence-corrected chi connectivity index (χ4v) is 3.56. The molecule has 2 aliphatic rings. The molecule has 134 valence electrons. The summed E-state index contributed by atoms with van der Waals surface area (Å²) < 4.78 is 7.55. The highest BCUT2D eigenvalue weighted by atomic mass is 16.5. The van der Waals surface area contributed by atoms with Crippen molar-refractivity contribution in [3.63, 3.8) is 0 Å². The molecule has 1 unspecified atom stereocenters. The first-order chi connectivity index (χ1) is 11.6. The SMILES string of the molecule is Cc1cc(C)n(CCCNC(=O)C2COCCN2CC2CCC2)n1. The van der Waals surface area contributed by atoms with Crippen LogP contribution in [0, 0.1) is 19.8 Å². The quantitative estimate of drug-likeness (QED) is 0.768. The Morgan fingerprint density at radius 2 is 2.25 bits per heavy atom. The van der Waals surface area contributed by atoms with Crippen LogP contribution in [0.2, 0.25) is 0 Å². The smallest absolute Gasteiger partial charge is 0.239 e. The van der Waals surface area contributed by atoms with Crippen LogP contribution in [-0.4, -0.2) is 59.5 Å². The van der Waals surface area contributed by atoms with Crippen LogP contribution in [0.25, 0.3) is 0 Å². The Hall–Kier alpha value is -1.40. The summed E-state index contributed by atoms with van der Waals surface area (Å²) in [6.07, 6.45) is 4.87. The summed E-state index contributed by atoms with van der Waals surface area (Å²) in [6.45, 7) is 8.79. The minimum Gasteiger partial charge on any atom is -0.378 e. The standard InChI is InChI=1S/C18H30N4O2/c1-14-11-15(2)22(20-14)8-4-7-19-18(23)17-13-24-10-9-21(17)12-16-5-3-6-16/h11,16-17H,3-10,12-13H2,1-2H3,(H,19,23). The summed E-state index contributed by atoms with van der Waals surface area (Å²) in [4.78, 5) is 14.8. The van der Waals surface area contributed by atoms with Gasteiger partial charge in [-0.2, -0.15) is 5.10 Å². The van der Waals surface area contributed by atoms with Crippen molar-refractivity contribution >= 4 is 5.91 Å². The first-order valence-corrected chi connectivity index (χ1v) is 9.24. The van der Waals surface area contributed by atoms with E-state index in [4.69, 9.17) is 4.74 Å². The third kappa shape index (κ3) is 4.36. The van der Waals surface area contributed by atoms with E-state index in [2.05, 4.69) is 28.3 Å². The average molecular weight is 334 g/mol. The van der Waals surface area contributed by atoms with Gasteiger partial charge < -0.3 is 10.1 Å². The number of morpholine rings is 1. The maximum atomic E-state index is 12.5. The van der Waals surface area contributed by atoms with Gasteiger partial charge in [0, 0.05) is 31.9 Å². The van der Waals surface area contributed by atoms with Gasteiger partial charge in [0.25, 0.3) is 0 Å².